The SMILES string of the molecule is CCOC(=O)COC(=O)n1c(NC(=O)OC)nc2ccccc21. The lowest BCUT2D eigenvalue weighted by Gasteiger charge is -2.08. The van der Waals surface area contributed by atoms with Crippen molar-refractivity contribution >= 4 is 35.1 Å². The molecule has 0 radical (unpaired) electrons. The molecule has 9 heteroatoms. The zero-order valence-corrected chi connectivity index (χ0v) is 12.6. The van der Waals surface area contributed by atoms with E-state index in [4.69, 9.17) is 4.74 Å². The Hall–Kier alpha value is -3.10. The summed E-state index contributed by atoms with van der Waals surface area (Å²) in [5, 5.41) is 2.32. The van der Waals surface area contributed by atoms with Crippen LogP contribution in [0, 0.1) is 0 Å². The lowest BCUT2D eigenvalue weighted by molar-refractivity contribution is -0.146. The van der Waals surface area contributed by atoms with Crippen molar-refractivity contribution in [3.8, 4) is 0 Å². The van der Waals surface area contributed by atoms with E-state index in [1.165, 1.54) is 7.11 Å². The van der Waals surface area contributed by atoms with Gasteiger partial charge in [-0.25, -0.2) is 23.9 Å². The number of nitrogens with zero attached hydrogens (tertiary/aromatic N) is 2. The number of imidazole rings is 1. The highest BCUT2D eigenvalue weighted by Crippen LogP contribution is 2.20. The first kappa shape index (κ1) is 16.3. The quantitative estimate of drug-likeness (QED) is 0.675. The van der Waals surface area contributed by atoms with Gasteiger partial charge in [0.2, 0.25) is 5.95 Å². The summed E-state index contributed by atoms with van der Waals surface area (Å²) in [7, 11) is 1.18. The number of esters is 1. The number of hydrogen-bond donors (Lipinski definition) is 1. The number of rotatable bonds is 4. The minimum absolute atomic E-state index is 0.0769. The van der Waals surface area contributed by atoms with Crippen molar-refractivity contribution in [1.29, 1.82) is 0 Å². The van der Waals surface area contributed by atoms with E-state index in [-0.39, 0.29) is 12.6 Å². The monoisotopic (exact) mass is 321 g/mol. The first-order chi connectivity index (χ1) is 11.1. The maximum Gasteiger partial charge on any atom is 0.422 e. The van der Waals surface area contributed by atoms with E-state index >= 15 is 0 Å². The first-order valence-electron chi connectivity index (χ1n) is 6.72. The number of benzene rings is 1. The number of hydrogen-bond acceptors (Lipinski definition) is 7. The minimum atomic E-state index is -0.877. The molecule has 0 atom stereocenters. The predicted octanol–water partition coefficient (Wildman–Crippen LogP) is 1.76. The first-order valence-corrected chi connectivity index (χ1v) is 6.72. The maximum absolute atomic E-state index is 12.2. The molecule has 0 aliphatic heterocycles. The Kier molecular flexibility index (Phi) is 5.13. The second-order valence-corrected chi connectivity index (χ2v) is 4.24. The smallest absolute Gasteiger partial charge is 0.422 e. The van der Waals surface area contributed by atoms with Gasteiger partial charge in [-0.05, 0) is 19.1 Å². The number of nitrogens with one attached hydrogen (secondary N) is 1. The summed E-state index contributed by atoms with van der Waals surface area (Å²) in [5.74, 6) is -0.750. The van der Waals surface area contributed by atoms with E-state index in [1.54, 1.807) is 31.2 Å². The number of anilines is 1. The number of amides is 1. The average Bonchev–Trinajstić information content (AvgIpc) is 2.90. The molecule has 122 valence electrons. The Labute approximate surface area is 131 Å². The lowest BCUT2D eigenvalue weighted by atomic mass is 10.3. The van der Waals surface area contributed by atoms with E-state index in [0.29, 0.717) is 11.0 Å². The Balaban J connectivity index is 2.29. The van der Waals surface area contributed by atoms with E-state index in [0.717, 1.165) is 4.57 Å². The van der Waals surface area contributed by atoms with Crippen molar-refractivity contribution < 1.29 is 28.6 Å². The normalized spacial score (nSPS) is 10.2. The summed E-state index contributed by atoms with van der Waals surface area (Å²) in [5.41, 5.74) is 0.875. The fraction of sp³-hybridized carbons (Fsp3) is 0.286. The van der Waals surface area contributed by atoms with Crippen LogP contribution in [0.5, 0.6) is 0 Å². The van der Waals surface area contributed by atoms with Crippen molar-refractivity contribution in [3.05, 3.63) is 24.3 Å². The molecular formula is C14H15N3O6. The van der Waals surface area contributed by atoms with Crippen LogP contribution in [-0.2, 0) is 19.0 Å². The van der Waals surface area contributed by atoms with Gasteiger partial charge >= 0.3 is 18.2 Å². The number of carbonyl (C=O) groups is 3. The lowest BCUT2D eigenvalue weighted by Crippen LogP contribution is -2.23. The number of fused-ring (bicyclic) bond motifs is 1. The highest BCUT2D eigenvalue weighted by molar-refractivity contribution is 5.94. The summed E-state index contributed by atoms with van der Waals surface area (Å²) in [6.07, 6.45) is -1.67. The largest absolute Gasteiger partial charge is 0.463 e. The third-order valence-corrected chi connectivity index (χ3v) is 2.76. The van der Waals surface area contributed by atoms with Gasteiger partial charge in [-0.15, -0.1) is 0 Å². The molecule has 1 amide bonds. The van der Waals surface area contributed by atoms with E-state index in [2.05, 4.69) is 19.8 Å². The molecule has 1 aromatic carbocycles. The zero-order valence-electron chi connectivity index (χ0n) is 12.6. The summed E-state index contributed by atoms with van der Waals surface area (Å²) in [6.45, 7) is 1.28. The fourth-order valence-electron chi connectivity index (χ4n) is 1.82. The summed E-state index contributed by atoms with van der Waals surface area (Å²) >= 11 is 0. The molecule has 1 N–H and O–H groups in total. The Morgan fingerprint density at radius 1 is 1.22 bits per heavy atom. The van der Waals surface area contributed by atoms with Gasteiger partial charge in [0.15, 0.2) is 6.61 Å². The van der Waals surface area contributed by atoms with Crippen molar-refractivity contribution in [2.75, 3.05) is 25.6 Å². The van der Waals surface area contributed by atoms with Crippen LogP contribution in [0.4, 0.5) is 15.5 Å². The molecule has 0 bridgehead atoms. The third-order valence-electron chi connectivity index (χ3n) is 2.76. The molecule has 9 nitrogen and oxygen atoms in total. The summed E-state index contributed by atoms with van der Waals surface area (Å²) in [4.78, 5) is 39.0. The summed E-state index contributed by atoms with van der Waals surface area (Å²) in [6, 6.07) is 6.70. The van der Waals surface area contributed by atoms with Gasteiger partial charge in [0.25, 0.3) is 0 Å². The van der Waals surface area contributed by atoms with Crippen LogP contribution in [0.1, 0.15) is 6.92 Å². The molecule has 1 heterocycles. The minimum Gasteiger partial charge on any atom is -0.463 e. The Morgan fingerprint density at radius 2 is 1.96 bits per heavy atom. The molecule has 0 saturated heterocycles. The number of aromatic nitrogens is 2. The Morgan fingerprint density at radius 3 is 2.65 bits per heavy atom. The third kappa shape index (κ3) is 3.76. The summed E-state index contributed by atoms with van der Waals surface area (Å²) < 4.78 is 15.1. The van der Waals surface area contributed by atoms with Gasteiger partial charge in [-0.3, -0.25) is 5.32 Å². The molecule has 0 aliphatic carbocycles. The van der Waals surface area contributed by atoms with Crippen LogP contribution in [0.25, 0.3) is 11.0 Å². The van der Waals surface area contributed by atoms with Gasteiger partial charge in [-0.2, -0.15) is 0 Å². The molecule has 0 aliphatic rings. The second kappa shape index (κ2) is 7.25. The van der Waals surface area contributed by atoms with E-state index in [9.17, 15) is 14.4 Å². The number of methoxy groups -OCH3 is 1. The van der Waals surface area contributed by atoms with Crippen LogP contribution < -0.4 is 5.32 Å². The van der Waals surface area contributed by atoms with E-state index < -0.39 is 24.8 Å². The van der Waals surface area contributed by atoms with Gasteiger partial charge in [0, 0.05) is 0 Å². The van der Waals surface area contributed by atoms with Crippen LogP contribution >= 0.6 is 0 Å². The van der Waals surface area contributed by atoms with Gasteiger partial charge < -0.3 is 14.2 Å². The average molecular weight is 321 g/mol. The molecule has 2 rings (SSSR count). The van der Waals surface area contributed by atoms with Crippen molar-refractivity contribution in [2.24, 2.45) is 0 Å². The molecule has 1 aromatic heterocycles. The zero-order chi connectivity index (χ0) is 16.8. The molecule has 23 heavy (non-hydrogen) atoms. The highest BCUT2D eigenvalue weighted by atomic mass is 16.6. The number of ether oxygens (including phenoxy) is 3. The second-order valence-electron chi connectivity index (χ2n) is 4.24. The maximum atomic E-state index is 12.2. The molecular weight excluding hydrogens is 306 g/mol. The van der Waals surface area contributed by atoms with E-state index in [1.807, 2.05) is 0 Å². The molecule has 0 unspecified atom stereocenters. The standard InChI is InChI=1S/C14H15N3O6/c1-3-22-11(18)8-23-14(20)17-10-7-5-4-6-9(10)15-12(17)16-13(19)21-2/h4-7H,3,8H2,1-2H3,(H,15,16,19). The highest BCUT2D eigenvalue weighted by Gasteiger charge is 2.20. The van der Waals surface area contributed by atoms with Crippen LogP contribution in [0.2, 0.25) is 0 Å². The number of carbonyl (C=O) groups excluding carboxylic acids is 3. The van der Waals surface area contributed by atoms with Crippen molar-refractivity contribution in [3.63, 3.8) is 0 Å². The van der Waals surface area contributed by atoms with Gasteiger partial charge in [0.1, 0.15) is 0 Å². The van der Waals surface area contributed by atoms with Crippen molar-refractivity contribution in [1.82, 2.24) is 9.55 Å². The fourth-order valence-corrected chi connectivity index (χ4v) is 1.82. The molecule has 0 saturated carbocycles. The molecule has 2 aromatic rings. The predicted molar refractivity (Wildman–Crippen MR) is 79.1 cm³/mol. The Bertz CT molecular complexity index is 739. The van der Waals surface area contributed by atoms with Gasteiger partial charge in [0.05, 0.1) is 24.8 Å². The van der Waals surface area contributed by atoms with Crippen LogP contribution in [0.15, 0.2) is 24.3 Å². The number of para-hydroxylation sites is 2. The van der Waals surface area contributed by atoms with Crippen LogP contribution in [0.3, 0.4) is 0 Å². The van der Waals surface area contributed by atoms with Crippen molar-refractivity contribution in [2.45, 2.75) is 6.92 Å². The van der Waals surface area contributed by atoms with Gasteiger partial charge in [-0.1, -0.05) is 12.1 Å². The molecule has 0 spiro atoms. The topological polar surface area (TPSA) is 109 Å². The molecule has 0 fully saturated rings. The van der Waals surface area contributed by atoms with Crippen LogP contribution in [-0.4, -0.2) is 48.0 Å².